The number of rotatable bonds is 6. The van der Waals surface area contributed by atoms with E-state index < -0.39 is 0 Å². The maximum absolute atomic E-state index is 5.54. The van der Waals surface area contributed by atoms with Crippen LogP contribution in [0.1, 0.15) is 11.1 Å². The van der Waals surface area contributed by atoms with Gasteiger partial charge in [0.1, 0.15) is 6.61 Å². The Balaban J connectivity index is 1.81. The summed E-state index contributed by atoms with van der Waals surface area (Å²) in [5.41, 5.74) is 2.32. The number of nitrogens with one attached hydrogen (secondary N) is 1. The summed E-state index contributed by atoms with van der Waals surface area (Å²) in [6.07, 6.45) is 5.85. The third-order valence-electron chi connectivity index (χ3n) is 2.62. The molecule has 0 unspecified atom stereocenters. The van der Waals surface area contributed by atoms with Crippen LogP contribution in [0.25, 0.3) is 6.08 Å². The number of hydrogen-bond donors (Lipinski definition) is 1. The van der Waals surface area contributed by atoms with Crippen molar-refractivity contribution in [3.63, 3.8) is 0 Å². The van der Waals surface area contributed by atoms with Gasteiger partial charge in [0.25, 0.3) is 0 Å². The van der Waals surface area contributed by atoms with E-state index >= 15 is 0 Å². The van der Waals surface area contributed by atoms with Crippen molar-refractivity contribution in [2.24, 2.45) is 0 Å². The van der Waals surface area contributed by atoms with Crippen LogP contribution in [0, 0.1) is 0 Å². The highest BCUT2D eigenvalue weighted by molar-refractivity contribution is 5.48. The minimum absolute atomic E-state index is 0.521. The Kier molecular flexibility index (Phi) is 5.14. The lowest BCUT2D eigenvalue weighted by atomic mass is 10.2. The van der Waals surface area contributed by atoms with E-state index in [0.717, 1.165) is 12.1 Å². The van der Waals surface area contributed by atoms with Crippen molar-refractivity contribution < 1.29 is 4.74 Å². The third kappa shape index (κ3) is 4.56. The topological polar surface area (TPSA) is 34.1 Å². The van der Waals surface area contributed by atoms with Gasteiger partial charge in [-0.3, -0.25) is 0 Å². The Morgan fingerprint density at radius 2 is 2.00 bits per heavy atom. The molecule has 1 aromatic heterocycles. The van der Waals surface area contributed by atoms with E-state index in [4.69, 9.17) is 4.74 Å². The summed E-state index contributed by atoms with van der Waals surface area (Å²) in [4.78, 5) is 4.25. The standard InChI is InChI=1S/C16H18N2O/c1-17-12-15-9-10-16(18-13-15)19-11-5-8-14-6-3-2-4-7-14/h2-10,13,17H,11-12H2,1H3. The molecule has 0 spiro atoms. The van der Waals surface area contributed by atoms with Crippen molar-refractivity contribution in [3.05, 3.63) is 65.9 Å². The van der Waals surface area contributed by atoms with Gasteiger partial charge in [-0.25, -0.2) is 4.98 Å². The van der Waals surface area contributed by atoms with Crippen LogP contribution in [0.15, 0.2) is 54.7 Å². The van der Waals surface area contributed by atoms with Gasteiger partial charge in [0.05, 0.1) is 0 Å². The third-order valence-corrected chi connectivity index (χ3v) is 2.62. The predicted molar refractivity (Wildman–Crippen MR) is 78.0 cm³/mol. The molecule has 1 aromatic carbocycles. The molecule has 19 heavy (non-hydrogen) atoms. The molecule has 98 valence electrons. The number of benzene rings is 1. The lowest BCUT2D eigenvalue weighted by Crippen LogP contribution is -2.05. The minimum atomic E-state index is 0.521. The van der Waals surface area contributed by atoms with E-state index in [9.17, 15) is 0 Å². The van der Waals surface area contributed by atoms with Crippen LogP contribution in [-0.4, -0.2) is 18.6 Å². The van der Waals surface area contributed by atoms with Gasteiger partial charge >= 0.3 is 0 Å². The summed E-state index contributed by atoms with van der Waals surface area (Å²) in [6, 6.07) is 14.1. The maximum atomic E-state index is 5.54. The van der Waals surface area contributed by atoms with Gasteiger partial charge in [0.2, 0.25) is 5.88 Å². The minimum Gasteiger partial charge on any atom is -0.473 e. The molecule has 3 nitrogen and oxygen atoms in total. The highest BCUT2D eigenvalue weighted by Gasteiger charge is 1.95. The average molecular weight is 254 g/mol. The zero-order valence-corrected chi connectivity index (χ0v) is 11.0. The van der Waals surface area contributed by atoms with Crippen molar-refractivity contribution >= 4 is 6.08 Å². The number of aromatic nitrogens is 1. The molecule has 0 saturated heterocycles. The number of nitrogens with zero attached hydrogens (tertiary/aromatic N) is 1. The van der Waals surface area contributed by atoms with Gasteiger partial charge < -0.3 is 10.1 Å². The van der Waals surface area contributed by atoms with Crippen LogP contribution in [0.5, 0.6) is 5.88 Å². The highest BCUT2D eigenvalue weighted by atomic mass is 16.5. The van der Waals surface area contributed by atoms with Crippen LogP contribution < -0.4 is 10.1 Å². The molecule has 1 N–H and O–H groups in total. The van der Waals surface area contributed by atoms with Gasteiger partial charge in [0.15, 0.2) is 0 Å². The fourth-order valence-corrected chi connectivity index (χ4v) is 1.69. The van der Waals surface area contributed by atoms with Gasteiger partial charge in [0, 0.05) is 18.8 Å². The lowest BCUT2D eigenvalue weighted by molar-refractivity contribution is 0.349. The van der Waals surface area contributed by atoms with Gasteiger partial charge in [-0.1, -0.05) is 42.5 Å². The zero-order valence-electron chi connectivity index (χ0n) is 11.0. The largest absolute Gasteiger partial charge is 0.473 e. The maximum Gasteiger partial charge on any atom is 0.213 e. The highest BCUT2D eigenvalue weighted by Crippen LogP contribution is 2.08. The Hall–Kier alpha value is -2.13. The summed E-state index contributed by atoms with van der Waals surface area (Å²) in [7, 11) is 1.92. The van der Waals surface area contributed by atoms with Gasteiger partial charge in [-0.2, -0.15) is 0 Å². The Morgan fingerprint density at radius 3 is 2.68 bits per heavy atom. The summed E-state index contributed by atoms with van der Waals surface area (Å²) in [5.74, 6) is 0.651. The molecule has 2 rings (SSSR count). The molecule has 0 aliphatic heterocycles. The normalized spacial score (nSPS) is 10.8. The van der Waals surface area contributed by atoms with E-state index in [2.05, 4.69) is 22.4 Å². The number of hydrogen-bond acceptors (Lipinski definition) is 3. The fourth-order valence-electron chi connectivity index (χ4n) is 1.69. The van der Waals surface area contributed by atoms with Crippen molar-refractivity contribution in [2.45, 2.75) is 6.54 Å². The molecule has 2 aromatic rings. The molecule has 0 aliphatic carbocycles. The molecule has 0 fully saturated rings. The number of pyridine rings is 1. The van der Waals surface area contributed by atoms with Crippen LogP contribution in [0.3, 0.4) is 0 Å². The predicted octanol–water partition coefficient (Wildman–Crippen LogP) is 2.89. The molecule has 0 aliphatic rings. The van der Waals surface area contributed by atoms with E-state index in [1.165, 1.54) is 5.56 Å². The first-order valence-corrected chi connectivity index (χ1v) is 6.32. The Morgan fingerprint density at radius 1 is 1.16 bits per heavy atom. The fraction of sp³-hybridized carbons (Fsp3) is 0.188. The molecule has 0 saturated carbocycles. The van der Waals surface area contributed by atoms with Gasteiger partial charge in [-0.15, -0.1) is 0 Å². The smallest absolute Gasteiger partial charge is 0.213 e. The molecule has 0 amide bonds. The van der Waals surface area contributed by atoms with Crippen molar-refractivity contribution in [1.82, 2.24) is 10.3 Å². The second kappa shape index (κ2) is 7.34. The van der Waals surface area contributed by atoms with Crippen LogP contribution in [0.4, 0.5) is 0 Å². The SMILES string of the molecule is CNCc1ccc(OCC=Cc2ccccc2)nc1. The van der Waals surface area contributed by atoms with Crippen molar-refractivity contribution in [2.75, 3.05) is 13.7 Å². The summed E-state index contributed by atoms with van der Waals surface area (Å²) in [5, 5.41) is 3.08. The second-order valence-electron chi connectivity index (χ2n) is 4.16. The Labute approximate surface area is 114 Å². The first kappa shape index (κ1) is 13.3. The molecule has 1 heterocycles. The number of ether oxygens (including phenoxy) is 1. The van der Waals surface area contributed by atoms with Gasteiger partial charge in [-0.05, 0) is 24.3 Å². The Bertz CT molecular complexity index is 506. The first-order chi connectivity index (χ1) is 9.38. The van der Waals surface area contributed by atoms with E-state index in [1.807, 2.05) is 55.7 Å². The zero-order chi connectivity index (χ0) is 13.3. The average Bonchev–Trinajstić information content (AvgIpc) is 2.47. The van der Waals surface area contributed by atoms with E-state index in [-0.39, 0.29) is 0 Å². The summed E-state index contributed by atoms with van der Waals surface area (Å²) in [6.45, 7) is 1.34. The summed E-state index contributed by atoms with van der Waals surface area (Å²) < 4.78 is 5.54. The lowest BCUT2D eigenvalue weighted by Gasteiger charge is -2.03. The summed E-state index contributed by atoms with van der Waals surface area (Å²) >= 11 is 0. The molecular formula is C16H18N2O. The second-order valence-corrected chi connectivity index (χ2v) is 4.16. The van der Waals surface area contributed by atoms with E-state index in [1.54, 1.807) is 0 Å². The van der Waals surface area contributed by atoms with E-state index in [0.29, 0.717) is 12.5 Å². The van der Waals surface area contributed by atoms with Crippen molar-refractivity contribution in [1.29, 1.82) is 0 Å². The molecular weight excluding hydrogens is 236 g/mol. The first-order valence-electron chi connectivity index (χ1n) is 6.32. The van der Waals surface area contributed by atoms with Crippen LogP contribution in [0.2, 0.25) is 0 Å². The van der Waals surface area contributed by atoms with Crippen molar-refractivity contribution in [3.8, 4) is 5.88 Å². The monoisotopic (exact) mass is 254 g/mol. The molecule has 0 radical (unpaired) electrons. The van der Waals surface area contributed by atoms with Crippen LogP contribution >= 0.6 is 0 Å². The quantitative estimate of drug-likeness (QED) is 0.860. The molecule has 0 atom stereocenters. The molecule has 0 bridgehead atoms. The van der Waals surface area contributed by atoms with Crippen LogP contribution in [-0.2, 0) is 6.54 Å². The molecule has 3 heteroatoms.